The van der Waals surface area contributed by atoms with Crippen LogP contribution in [-0.2, 0) is 0 Å². The van der Waals surface area contributed by atoms with Crippen molar-refractivity contribution < 1.29 is 5.11 Å². The van der Waals surface area contributed by atoms with Crippen molar-refractivity contribution >= 4 is 0 Å². The van der Waals surface area contributed by atoms with E-state index in [9.17, 15) is 5.11 Å². The van der Waals surface area contributed by atoms with Crippen LogP contribution in [0.5, 0.6) is 0 Å². The molecule has 0 aromatic carbocycles. The minimum Gasteiger partial charge on any atom is -0.393 e. The third-order valence-corrected chi connectivity index (χ3v) is 2.16. The van der Waals surface area contributed by atoms with Crippen LogP contribution in [0.1, 0.15) is 39.0 Å². The van der Waals surface area contributed by atoms with Gasteiger partial charge in [0.2, 0.25) is 0 Å². The molecule has 0 aromatic heterocycles. The van der Waals surface area contributed by atoms with Gasteiger partial charge < -0.3 is 5.11 Å². The monoisotopic (exact) mass is 128 g/mol. The first kappa shape index (κ1) is 7.07. The van der Waals surface area contributed by atoms with Crippen molar-refractivity contribution in [1.29, 1.82) is 0 Å². The molecule has 1 saturated carbocycles. The van der Waals surface area contributed by atoms with E-state index < -0.39 is 0 Å². The van der Waals surface area contributed by atoms with Gasteiger partial charge in [0.1, 0.15) is 0 Å². The molecule has 1 rings (SSSR count). The maximum absolute atomic E-state index is 9.26. The third kappa shape index (κ3) is 2.35. The summed E-state index contributed by atoms with van der Waals surface area (Å²) in [5.74, 6) is 0.752. The van der Waals surface area contributed by atoms with Crippen molar-refractivity contribution in [3.63, 3.8) is 0 Å². The quantitative estimate of drug-likeness (QED) is 0.494. The van der Waals surface area contributed by atoms with Crippen LogP contribution in [0.4, 0.5) is 0 Å². The van der Waals surface area contributed by atoms with Crippen LogP contribution < -0.4 is 0 Å². The predicted molar refractivity (Wildman–Crippen MR) is 38.3 cm³/mol. The lowest BCUT2D eigenvalue weighted by Crippen LogP contribution is -2.07. The number of aliphatic hydroxyl groups excluding tert-OH is 1. The molecule has 0 saturated heterocycles. The molecule has 1 nitrogen and oxygen atoms in total. The summed E-state index contributed by atoms with van der Waals surface area (Å²) < 4.78 is 0. The lowest BCUT2D eigenvalue weighted by atomic mass is 10.0. The Labute approximate surface area is 57.1 Å². The van der Waals surface area contributed by atoms with E-state index in [-0.39, 0.29) is 6.10 Å². The first-order chi connectivity index (χ1) is 4.29. The van der Waals surface area contributed by atoms with E-state index in [1.807, 2.05) is 0 Å². The molecule has 2 atom stereocenters. The Morgan fingerprint density at radius 1 is 1.22 bits per heavy atom. The Morgan fingerprint density at radius 3 is 2.67 bits per heavy atom. The molecule has 0 amide bonds. The zero-order chi connectivity index (χ0) is 6.69. The Balaban J connectivity index is 2.29. The lowest BCUT2D eigenvalue weighted by Gasteiger charge is -2.09. The first-order valence-electron chi connectivity index (χ1n) is 3.97. The lowest BCUT2D eigenvalue weighted by molar-refractivity contribution is 0.144. The van der Waals surface area contributed by atoms with Crippen molar-refractivity contribution in [3.05, 3.63) is 0 Å². The molecule has 9 heavy (non-hydrogen) atoms. The summed E-state index contributed by atoms with van der Waals surface area (Å²) in [6.07, 6.45) is 5.92. The van der Waals surface area contributed by atoms with Crippen LogP contribution in [0.15, 0.2) is 0 Å². The van der Waals surface area contributed by atoms with Gasteiger partial charge in [0, 0.05) is 0 Å². The Morgan fingerprint density at radius 2 is 1.89 bits per heavy atom. The summed E-state index contributed by atoms with van der Waals surface area (Å²) in [4.78, 5) is 0. The van der Waals surface area contributed by atoms with E-state index in [1.54, 1.807) is 0 Å². The van der Waals surface area contributed by atoms with Crippen molar-refractivity contribution in [2.45, 2.75) is 45.1 Å². The van der Waals surface area contributed by atoms with Crippen LogP contribution in [-0.4, -0.2) is 11.2 Å². The van der Waals surface area contributed by atoms with Crippen molar-refractivity contribution in [2.24, 2.45) is 5.92 Å². The fraction of sp³-hybridized carbons (Fsp3) is 1.00. The van der Waals surface area contributed by atoms with Gasteiger partial charge in [-0.15, -0.1) is 0 Å². The highest BCUT2D eigenvalue weighted by atomic mass is 16.3. The summed E-state index contributed by atoms with van der Waals surface area (Å²) in [5.41, 5.74) is 0. The molecule has 0 unspecified atom stereocenters. The summed E-state index contributed by atoms with van der Waals surface area (Å²) >= 11 is 0. The molecule has 0 aliphatic heterocycles. The summed E-state index contributed by atoms with van der Waals surface area (Å²) in [5, 5.41) is 9.26. The highest BCUT2D eigenvalue weighted by molar-refractivity contribution is 4.66. The van der Waals surface area contributed by atoms with E-state index in [1.165, 1.54) is 19.3 Å². The zero-order valence-electron chi connectivity index (χ0n) is 6.14. The molecule has 0 radical (unpaired) electrons. The summed E-state index contributed by atoms with van der Waals surface area (Å²) in [6, 6.07) is 0. The second-order valence-electron chi connectivity index (χ2n) is 3.28. The number of rotatable bonds is 0. The van der Waals surface area contributed by atoms with E-state index >= 15 is 0 Å². The van der Waals surface area contributed by atoms with Gasteiger partial charge in [-0.05, 0) is 18.8 Å². The third-order valence-electron chi connectivity index (χ3n) is 2.16. The molecule has 0 bridgehead atoms. The van der Waals surface area contributed by atoms with Crippen LogP contribution in [0, 0.1) is 5.92 Å². The van der Waals surface area contributed by atoms with Gasteiger partial charge in [-0.2, -0.15) is 0 Å². The van der Waals surface area contributed by atoms with Gasteiger partial charge in [-0.1, -0.05) is 26.2 Å². The fourth-order valence-electron chi connectivity index (χ4n) is 1.57. The highest BCUT2D eigenvalue weighted by Gasteiger charge is 2.13. The molecule has 1 aliphatic rings. The van der Waals surface area contributed by atoms with E-state index in [2.05, 4.69) is 6.92 Å². The molecular weight excluding hydrogens is 112 g/mol. The highest BCUT2D eigenvalue weighted by Crippen LogP contribution is 2.22. The topological polar surface area (TPSA) is 20.2 Å². The zero-order valence-corrected chi connectivity index (χ0v) is 6.14. The molecule has 1 heteroatoms. The molecule has 1 N–H and O–H groups in total. The van der Waals surface area contributed by atoms with E-state index in [0.717, 1.165) is 18.8 Å². The predicted octanol–water partition coefficient (Wildman–Crippen LogP) is 1.95. The standard InChI is InChI=1S/C8H16O/c1-7-4-2-3-5-8(9)6-7/h7-9H,2-6H2,1H3/t7-,8-/m0/s1. The summed E-state index contributed by atoms with van der Waals surface area (Å²) in [6.45, 7) is 2.23. The van der Waals surface area contributed by atoms with Crippen molar-refractivity contribution in [3.8, 4) is 0 Å². The minimum atomic E-state index is 0.00231. The maximum atomic E-state index is 9.26. The largest absolute Gasteiger partial charge is 0.393 e. The van der Waals surface area contributed by atoms with Crippen LogP contribution >= 0.6 is 0 Å². The summed E-state index contributed by atoms with van der Waals surface area (Å²) in [7, 11) is 0. The molecule has 1 fully saturated rings. The molecular formula is C8H16O. The van der Waals surface area contributed by atoms with Crippen LogP contribution in [0.3, 0.4) is 0 Å². The van der Waals surface area contributed by atoms with Gasteiger partial charge in [-0.25, -0.2) is 0 Å². The molecule has 0 heterocycles. The normalized spacial score (nSPS) is 38.0. The van der Waals surface area contributed by atoms with Gasteiger partial charge in [0.05, 0.1) is 6.10 Å². The number of hydrogen-bond acceptors (Lipinski definition) is 1. The number of aliphatic hydroxyl groups is 1. The average Bonchev–Trinajstić information content (AvgIpc) is 1.93. The van der Waals surface area contributed by atoms with Gasteiger partial charge in [0.25, 0.3) is 0 Å². The Bertz CT molecular complexity index is 70.6. The smallest absolute Gasteiger partial charge is 0.0542 e. The van der Waals surface area contributed by atoms with Crippen LogP contribution in [0.25, 0.3) is 0 Å². The van der Waals surface area contributed by atoms with Gasteiger partial charge in [0.15, 0.2) is 0 Å². The Kier molecular flexibility index (Phi) is 2.52. The SMILES string of the molecule is C[C@H]1CCCC[C@H](O)C1. The van der Waals surface area contributed by atoms with E-state index in [0.29, 0.717) is 0 Å². The fourth-order valence-corrected chi connectivity index (χ4v) is 1.57. The maximum Gasteiger partial charge on any atom is 0.0542 e. The van der Waals surface area contributed by atoms with E-state index in [4.69, 9.17) is 0 Å². The minimum absolute atomic E-state index is 0.00231. The molecule has 54 valence electrons. The average molecular weight is 128 g/mol. The molecule has 0 spiro atoms. The second-order valence-corrected chi connectivity index (χ2v) is 3.28. The van der Waals surface area contributed by atoms with Crippen molar-refractivity contribution in [2.75, 3.05) is 0 Å². The van der Waals surface area contributed by atoms with Gasteiger partial charge in [-0.3, -0.25) is 0 Å². The molecule has 1 aliphatic carbocycles. The van der Waals surface area contributed by atoms with Crippen LogP contribution in [0.2, 0.25) is 0 Å². The number of hydrogen-bond donors (Lipinski definition) is 1. The molecule has 0 aromatic rings. The van der Waals surface area contributed by atoms with Crippen molar-refractivity contribution in [1.82, 2.24) is 0 Å². The first-order valence-corrected chi connectivity index (χ1v) is 3.97. The second kappa shape index (κ2) is 3.21. The van der Waals surface area contributed by atoms with Gasteiger partial charge >= 0.3 is 0 Å². The Hall–Kier alpha value is -0.0400.